The van der Waals surface area contributed by atoms with Crippen LogP contribution in [0.5, 0.6) is 11.5 Å². The number of amides is 2. The van der Waals surface area contributed by atoms with Crippen LogP contribution in [0.1, 0.15) is 10.4 Å². The van der Waals surface area contributed by atoms with Gasteiger partial charge in [0.2, 0.25) is 0 Å². The molecule has 0 aromatic heterocycles. The van der Waals surface area contributed by atoms with Crippen LogP contribution in [0.3, 0.4) is 0 Å². The molecule has 24 heavy (non-hydrogen) atoms. The quantitative estimate of drug-likeness (QED) is 0.628. The summed E-state index contributed by atoms with van der Waals surface area (Å²) in [7, 11) is 2.85. The summed E-state index contributed by atoms with van der Waals surface area (Å²) in [5, 5.41) is 5.19. The molecule has 0 aliphatic rings. The molecule has 2 N–H and O–H groups in total. The molecule has 2 amide bonds. The SMILES string of the molecule is COC(=O)c1ccc(NC(=O)NCOc2ccccc2OC)cc1. The maximum Gasteiger partial charge on any atom is 0.337 e. The Balaban J connectivity index is 1.82. The Labute approximate surface area is 139 Å². The molecule has 2 rings (SSSR count). The summed E-state index contributed by atoms with van der Waals surface area (Å²) in [4.78, 5) is 23.1. The van der Waals surface area contributed by atoms with Gasteiger partial charge in [0, 0.05) is 5.69 Å². The molecule has 0 unspecified atom stereocenters. The van der Waals surface area contributed by atoms with Crippen LogP contribution in [-0.2, 0) is 4.74 Å². The zero-order valence-corrected chi connectivity index (χ0v) is 13.4. The molecule has 0 bridgehead atoms. The predicted molar refractivity (Wildman–Crippen MR) is 88.4 cm³/mol. The van der Waals surface area contributed by atoms with Gasteiger partial charge in [-0.2, -0.15) is 0 Å². The van der Waals surface area contributed by atoms with E-state index in [-0.39, 0.29) is 6.73 Å². The van der Waals surface area contributed by atoms with Crippen molar-refractivity contribution in [2.24, 2.45) is 0 Å². The Bertz CT molecular complexity index is 700. The average molecular weight is 330 g/mol. The van der Waals surface area contributed by atoms with Crippen molar-refractivity contribution in [3.8, 4) is 11.5 Å². The molecule has 0 radical (unpaired) electrons. The zero-order chi connectivity index (χ0) is 17.4. The van der Waals surface area contributed by atoms with Crippen molar-refractivity contribution in [1.82, 2.24) is 5.32 Å². The fourth-order valence-corrected chi connectivity index (χ4v) is 1.90. The van der Waals surface area contributed by atoms with Crippen LogP contribution < -0.4 is 20.1 Å². The number of carbonyl (C=O) groups excluding carboxylic acids is 2. The van der Waals surface area contributed by atoms with Gasteiger partial charge in [0.1, 0.15) is 0 Å². The van der Waals surface area contributed by atoms with Crippen molar-refractivity contribution in [1.29, 1.82) is 0 Å². The number of para-hydroxylation sites is 2. The number of ether oxygens (including phenoxy) is 3. The van der Waals surface area contributed by atoms with E-state index in [0.29, 0.717) is 22.7 Å². The number of rotatable bonds is 6. The second-order valence-electron chi connectivity index (χ2n) is 4.64. The van der Waals surface area contributed by atoms with Crippen LogP contribution in [0.25, 0.3) is 0 Å². The Hall–Kier alpha value is -3.22. The Morgan fingerprint density at radius 1 is 0.958 bits per heavy atom. The highest BCUT2D eigenvalue weighted by atomic mass is 16.5. The molecule has 7 heteroatoms. The van der Waals surface area contributed by atoms with Gasteiger partial charge in [0.05, 0.1) is 19.8 Å². The molecule has 0 aliphatic carbocycles. The van der Waals surface area contributed by atoms with E-state index in [9.17, 15) is 9.59 Å². The van der Waals surface area contributed by atoms with Crippen molar-refractivity contribution in [2.45, 2.75) is 0 Å². The molecule has 2 aromatic rings. The van der Waals surface area contributed by atoms with E-state index in [1.165, 1.54) is 7.11 Å². The number of methoxy groups -OCH3 is 2. The lowest BCUT2D eigenvalue weighted by atomic mass is 10.2. The molecule has 0 aliphatic heterocycles. The third-order valence-electron chi connectivity index (χ3n) is 3.09. The number of benzene rings is 2. The Morgan fingerprint density at radius 3 is 2.25 bits per heavy atom. The van der Waals surface area contributed by atoms with Crippen molar-refractivity contribution in [3.05, 3.63) is 54.1 Å². The summed E-state index contributed by atoms with van der Waals surface area (Å²) in [5.74, 6) is 0.678. The van der Waals surface area contributed by atoms with Crippen LogP contribution >= 0.6 is 0 Å². The smallest absolute Gasteiger partial charge is 0.337 e. The van der Waals surface area contributed by atoms with E-state index >= 15 is 0 Å². The van der Waals surface area contributed by atoms with Crippen LogP contribution in [0.15, 0.2) is 48.5 Å². The highest BCUT2D eigenvalue weighted by molar-refractivity contribution is 5.92. The molecule has 2 aromatic carbocycles. The third-order valence-corrected chi connectivity index (χ3v) is 3.09. The van der Waals surface area contributed by atoms with Crippen LogP contribution in [0.2, 0.25) is 0 Å². The highest BCUT2D eigenvalue weighted by Gasteiger charge is 2.07. The summed E-state index contributed by atoms with van der Waals surface area (Å²) in [6.07, 6.45) is 0. The number of anilines is 1. The van der Waals surface area contributed by atoms with Gasteiger partial charge in [0.25, 0.3) is 0 Å². The molecule has 0 heterocycles. The number of hydrogen-bond acceptors (Lipinski definition) is 5. The summed E-state index contributed by atoms with van der Waals surface area (Å²) in [5.41, 5.74) is 0.945. The maximum atomic E-state index is 11.8. The monoisotopic (exact) mass is 330 g/mol. The normalized spacial score (nSPS) is 9.75. The highest BCUT2D eigenvalue weighted by Crippen LogP contribution is 2.25. The van der Waals surface area contributed by atoms with E-state index in [2.05, 4.69) is 15.4 Å². The van der Waals surface area contributed by atoms with Crippen LogP contribution in [0.4, 0.5) is 10.5 Å². The summed E-state index contributed by atoms with van der Waals surface area (Å²) >= 11 is 0. The lowest BCUT2D eigenvalue weighted by Gasteiger charge is -2.11. The molecule has 7 nitrogen and oxygen atoms in total. The Kier molecular flexibility index (Phi) is 6.01. The summed E-state index contributed by atoms with van der Waals surface area (Å²) < 4.78 is 15.2. The first-order valence-corrected chi connectivity index (χ1v) is 7.13. The van der Waals surface area contributed by atoms with E-state index in [1.54, 1.807) is 49.6 Å². The topological polar surface area (TPSA) is 85.9 Å². The van der Waals surface area contributed by atoms with Crippen molar-refractivity contribution in [3.63, 3.8) is 0 Å². The van der Waals surface area contributed by atoms with E-state index < -0.39 is 12.0 Å². The van der Waals surface area contributed by atoms with E-state index in [0.717, 1.165) is 0 Å². The van der Waals surface area contributed by atoms with Gasteiger partial charge in [-0.15, -0.1) is 0 Å². The fraction of sp³-hybridized carbons (Fsp3) is 0.176. The lowest BCUT2D eigenvalue weighted by Crippen LogP contribution is -2.32. The molecule has 0 atom stereocenters. The number of esters is 1. The molecular weight excluding hydrogens is 312 g/mol. The van der Waals surface area contributed by atoms with E-state index in [4.69, 9.17) is 9.47 Å². The number of urea groups is 1. The minimum absolute atomic E-state index is 0.0214. The predicted octanol–water partition coefficient (Wildman–Crippen LogP) is 2.64. The van der Waals surface area contributed by atoms with Gasteiger partial charge in [-0.1, -0.05) is 12.1 Å². The maximum absolute atomic E-state index is 11.8. The first-order chi connectivity index (χ1) is 11.6. The first kappa shape index (κ1) is 17.1. The van der Waals surface area contributed by atoms with Gasteiger partial charge in [-0.3, -0.25) is 0 Å². The summed E-state index contributed by atoms with van der Waals surface area (Å²) in [6.45, 7) is -0.0214. The van der Waals surface area contributed by atoms with Gasteiger partial charge >= 0.3 is 12.0 Å². The van der Waals surface area contributed by atoms with Crippen molar-refractivity contribution < 1.29 is 23.8 Å². The molecular formula is C17H18N2O5. The standard InChI is InChI=1S/C17H18N2O5/c1-22-14-5-3-4-6-15(14)24-11-18-17(21)19-13-9-7-12(8-10-13)16(20)23-2/h3-10H,11H2,1-2H3,(H2,18,19,21). The third kappa shape index (κ3) is 4.64. The fourth-order valence-electron chi connectivity index (χ4n) is 1.90. The number of hydrogen-bond donors (Lipinski definition) is 2. The molecule has 0 fully saturated rings. The lowest BCUT2D eigenvalue weighted by molar-refractivity contribution is 0.0600. The van der Waals surface area contributed by atoms with Crippen molar-refractivity contribution >= 4 is 17.7 Å². The number of nitrogens with one attached hydrogen (secondary N) is 2. The number of carbonyl (C=O) groups is 2. The second kappa shape index (κ2) is 8.42. The zero-order valence-electron chi connectivity index (χ0n) is 13.4. The largest absolute Gasteiger partial charge is 0.493 e. The summed E-state index contributed by atoms with van der Waals surface area (Å²) in [6, 6.07) is 13.0. The minimum Gasteiger partial charge on any atom is -0.493 e. The molecule has 0 spiro atoms. The van der Waals surface area contributed by atoms with Crippen molar-refractivity contribution in [2.75, 3.05) is 26.3 Å². The Morgan fingerprint density at radius 2 is 1.62 bits per heavy atom. The van der Waals surface area contributed by atoms with E-state index in [1.807, 2.05) is 6.07 Å². The first-order valence-electron chi connectivity index (χ1n) is 7.13. The van der Waals surface area contributed by atoms with Gasteiger partial charge < -0.3 is 24.8 Å². The average Bonchev–Trinajstić information content (AvgIpc) is 2.62. The van der Waals surface area contributed by atoms with Gasteiger partial charge in [0.15, 0.2) is 18.2 Å². The van der Waals surface area contributed by atoms with Gasteiger partial charge in [-0.25, -0.2) is 9.59 Å². The second-order valence-corrected chi connectivity index (χ2v) is 4.64. The minimum atomic E-state index is -0.435. The van der Waals surface area contributed by atoms with Crippen LogP contribution in [-0.4, -0.2) is 33.0 Å². The molecule has 126 valence electrons. The molecule has 0 saturated carbocycles. The van der Waals surface area contributed by atoms with Gasteiger partial charge in [-0.05, 0) is 36.4 Å². The van der Waals surface area contributed by atoms with Crippen LogP contribution in [0, 0.1) is 0 Å². The molecule has 0 saturated heterocycles.